The number of esters is 1. The van der Waals surface area contributed by atoms with Gasteiger partial charge in [0, 0.05) is 0 Å². The fraction of sp³-hybridized carbons (Fsp3) is 0.750. The highest BCUT2D eigenvalue weighted by Gasteiger charge is 2.48. The summed E-state index contributed by atoms with van der Waals surface area (Å²) in [6.45, 7) is 6.37. The van der Waals surface area contributed by atoms with Crippen LogP contribution in [0.1, 0.15) is 27.7 Å². The maximum absolute atomic E-state index is 11.7. The van der Waals surface area contributed by atoms with Gasteiger partial charge in [-0.05, 0) is 27.7 Å². The van der Waals surface area contributed by atoms with Crippen molar-refractivity contribution in [2.45, 2.75) is 51.0 Å². The molecule has 8 nitrogen and oxygen atoms in total. The van der Waals surface area contributed by atoms with E-state index in [1.165, 1.54) is 6.92 Å². The largest absolute Gasteiger partial charge is 0.461 e. The van der Waals surface area contributed by atoms with Crippen LogP contribution in [0.4, 0.5) is 4.79 Å². The molecule has 1 fully saturated rings. The van der Waals surface area contributed by atoms with Crippen molar-refractivity contribution >= 4 is 18.5 Å². The highest BCUT2D eigenvalue weighted by molar-refractivity contribution is 5.81. The Morgan fingerprint density at radius 1 is 1.55 bits per heavy atom. The summed E-state index contributed by atoms with van der Waals surface area (Å²) in [7, 11) is 0. The fourth-order valence-electron chi connectivity index (χ4n) is 1.77. The van der Waals surface area contributed by atoms with Gasteiger partial charge >= 0.3 is 12.1 Å². The van der Waals surface area contributed by atoms with E-state index >= 15 is 0 Å². The number of hydrogen-bond acceptors (Lipinski definition) is 6. The summed E-state index contributed by atoms with van der Waals surface area (Å²) in [5.41, 5.74) is -1.95. The number of ether oxygens (including phenoxy) is 2. The molecule has 0 unspecified atom stereocenters. The van der Waals surface area contributed by atoms with E-state index < -0.39 is 35.3 Å². The summed E-state index contributed by atoms with van der Waals surface area (Å²) in [4.78, 5) is 33.6. The lowest BCUT2D eigenvalue weighted by Gasteiger charge is -2.41. The summed E-state index contributed by atoms with van der Waals surface area (Å²) in [6.07, 6.45) is -1.79. The van der Waals surface area contributed by atoms with Gasteiger partial charge in [0.15, 0.2) is 6.04 Å². The van der Waals surface area contributed by atoms with E-state index in [4.69, 9.17) is 9.47 Å². The highest BCUT2D eigenvalue weighted by atomic mass is 16.6. The Morgan fingerprint density at radius 2 is 2.15 bits per heavy atom. The van der Waals surface area contributed by atoms with Gasteiger partial charge < -0.3 is 25.2 Å². The van der Waals surface area contributed by atoms with Crippen molar-refractivity contribution in [2.24, 2.45) is 0 Å². The van der Waals surface area contributed by atoms with E-state index in [0.29, 0.717) is 0 Å². The normalized spacial score (nSPS) is 30.1. The molecule has 1 rings (SSSR count). The molecule has 3 N–H and O–H groups in total. The minimum atomic E-state index is -1.33. The van der Waals surface area contributed by atoms with Crippen molar-refractivity contribution in [3.8, 4) is 0 Å². The Hall–Kier alpha value is -1.83. The molecule has 0 saturated carbocycles. The molecule has 1 saturated heterocycles. The van der Waals surface area contributed by atoms with Gasteiger partial charge in [0.25, 0.3) is 0 Å². The standard InChI is InChI=1S/C12H20N2O6/c1-11(2,3)20-10(18)14-12(4)5-19-9(17)7(8(12)16)13-6-15/h6-8,16H,5H2,1-4H3,(H,13,15)(H,14,18)/t7-,8-,12-/m1/s1. The third-order valence-electron chi connectivity index (χ3n) is 2.77. The molecule has 1 aliphatic rings. The second-order valence-corrected chi connectivity index (χ2v) is 5.86. The van der Waals surface area contributed by atoms with Crippen molar-refractivity contribution in [1.82, 2.24) is 10.6 Å². The molecule has 0 aromatic carbocycles. The summed E-state index contributed by atoms with van der Waals surface area (Å²) < 4.78 is 9.95. The van der Waals surface area contributed by atoms with Crippen molar-refractivity contribution in [1.29, 1.82) is 0 Å². The van der Waals surface area contributed by atoms with E-state index in [1.54, 1.807) is 20.8 Å². The molecule has 0 aromatic heterocycles. The van der Waals surface area contributed by atoms with Gasteiger partial charge in [-0.3, -0.25) is 4.79 Å². The van der Waals surface area contributed by atoms with Gasteiger partial charge in [0.1, 0.15) is 23.9 Å². The second-order valence-electron chi connectivity index (χ2n) is 5.86. The number of carbonyl (C=O) groups is 3. The molecular weight excluding hydrogens is 268 g/mol. The van der Waals surface area contributed by atoms with Crippen molar-refractivity contribution < 1.29 is 29.0 Å². The van der Waals surface area contributed by atoms with E-state index in [9.17, 15) is 19.5 Å². The maximum Gasteiger partial charge on any atom is 0.408 e. The summed E-state index contributed by atoms with van der Waals surface area (Å²) in [5.74, 6) is -0.756. The Bertz CT molecular complexity index is 405. The first kappa shape index (κ1) is 16.2. The first-order valence-electron chi connectivity index (χ1n) is 6.14. The Kier molecular flexibility index (Phi) is 4.59. The predicted molar refractivity (Wildman–Crippen MR) is 67.7 cm³/mol. The molecular formula is C12H20N2O6. The Labute approximate surface area is 116 Å². The molecule has 8 heteroatoms. The maximum atomic E-state index is 11.7. The van der Waals surface area contributed by atoms with Crippen LogP contribution < -0.4 is 10.6 Å². The summed E-state index contributed by atoms with van der Waals surface area (Å²) >= 11 is 0. The lowest BCUT2D eigenvalue weighted by atomic mass is 9.88. The highest BCUT2D eigenvalue weighted by Crippen LogP contribution is 2.21. The number of carbonyl (C=O) groups excluding carboxylic acids is 3. The number of cyclic esters (lactones) is 1. The SMILES string of the molecule is CC(C)(C)OC(=O)N[C@]1(C)COC(=O)[C@H](NC=O)[C@H]1O. The van der Waals surface area contributed by atoms with Crippen LogP contribution in [0.25, 0.3) is 0 Å². The number of nitrogens with one attached hydrogen (secondary N) is 2. The Balaban J connectivity index is 2.79. The van der Waals surface area contributed by atoms with Crippen LogP contribution in [0.5, 0.6) is 0 Å². The molecule has 114 valence electrons. The van der Waals surface area contributed by atoms with Crippen LogP contribution in [-0.4, -0.2) is 53.5 Å². The number of amides is 2. The van der Waals surface area contributed by atoms with Crippen LogP contribution >= 0.6 is 0 Å². The van der Waals surface area contributed by atoms with Gasteiger partial charge in [0.2, 0.25) is 6.41 Å². The molecule has 0 aliphatic carbocycles. The average molecular weight is 288 g/mol. The topological polar surface area (TPSA) is 114 Å². The van der Waals surface area contributed by atoms with Crippen LogP contribution in [0, 0.1) is 0 Å². The lowest BCUT2D eigenvalue weighted by molar-refractivity contribution is -0.166. The van der Waals surface area contributed by atoms with Crippen molar-refractivity contribution in [3.05, 3.63) is 0 Å². The average Bonchev–Trinajstić information content (AvgIpc) is 2.28. The van der Waals surface area contributed by atoms with E-state index in [2.05, 4.69) is 10.6 Å². The molecule has 0 spiro atoms. The van der Waals surface area contributed by atoms with Crippen LogP contribution in [0.15, 0.2) is 0 Å². The van der Waals surface area contributed by atoms with Crippen LogP contribution in [0.2, 0.25) is 0 Å². The van der Waals surface area contributed by atoms with Crippen molar-refractivity contribution in [3.63, 3.8) is 0 Å². The van der Waals surface area contributed by atoms with Gasteiger partial charge in [-0.15, -0.1) is 0 Å². The molecule has 0 radical (unpaired) electrons. The van der Waals surface area contributed by atoms with Gasteiger partial charge in [-0.1, -0.05) is 0 Å². The van der Waals surface area contributed by atoms with Gasteiger partial charge in [-0.2, -0.15) is 0 Å². The third-order valence-corrected chi connectivity index (χ3v) is 2.77. The smallest absolute Gasteiger partial charge is 0.408 e. The zero-order valence-corrected chi connectivity index (χ0v) is 11.9. The molecule has 0 bridgehead atoms. The quantitative estimate of drug-likeness (QED) is 0.467. The van der Waals surface area contributed by atoms with Gasteiger partial charge in [0.05, 0.1) is 0 Å². The minimum absolute atomic E-state index is 0.219. The van der Waals surface area contributed by atoms with Gasteiger partial charge in [-0.25, -0.2) is 9.59 Å². The van der Waals surface area contributed by atoms with Crippen LogP contribution in [-0.2, 0) is 19.1 Å². The Morgan fingerprint density at radius 3 is 2.65 bits per heavy atom. The third kappa shape index (κ3) is 3.83. The number of rotatable bonds is 3. The number of alkyl carbamates (subject to hydrolysis) is 1. The number of aliphatic hydroxyl groups is 1. The zero-order valence-electron chi connectivity index (χ0n) is 11.9. The molecule has 1 aliphatic heterocycles. The van der Waals surface area contributed by atoms with E-state index in [1.807, 2.05) is 0 Å². The zero-order chi connectivity index (χ0) is 15.6. The monoisotopic (exact) mass is 288 g/mol. The summed E-state index contributed by atoms with van der Waals surface area (Å²) in [6, 6.07) is -1.24. The van der Waals surface area contributed by atoms with E-state index in [0.717, 1.165) is 0 Å². The number of hydrogen-bond donors (Lipinski definition) is 3. The fourth-order valence-corrected chi connectivity index (χ4v) is 1.77. The second kappa shape index (κ2) is 5.66. The predicted octanol–water partition coefficient (Wildman–Crippen LogP) is -0.698. The van der Waals surface area contributed by atoms with Crippen molar-refractivity contribution in [2.75, 3.05) is 6.61 Å². The van der Waals surface area contributed by atoms with E-state index in [-0.39, 0.29) is 13.0 Å². The molecule has 0 aromatic rings. The number of aliphatic hydroxyl groups excluding tert-OH is 1. The molecule has 1 heterocycles. The summed E-state index contributed by atoms with van der Waals surface area (Å²) in [5, 5.41) is 14.8. The molecule has 20 heavy (non-hydrogen) atoms. The molecule has 2 amide bonds. The lowest BCUT2D eigenvalue weighted by Crippen LogP contribution is -2.69. The first-order chi connectivity index (χ1) is 9.09. The first-order valence-corrected chi connectivity index (χ1v) is 6.14. The minimum Gasteiger partial charge on any atom is -0.461 e. The van der Waals surface area contributed by atoms with Crippen LogP contribution in [0.3, 0.4) is 0 Å². The molecule has 3 atom stereocenters.